The number of likely N-dealkylation sites (tertiary alicyclic amines) is 1. The molecule has 0 aromatic heterocycles. The molecule has 1 fully saturated rings. The zero-order valence-electron chi connectivity index (χ0n) is 11.5. The largest absolute Gasteiger partial charge is 0.338 e. The predicted octanol–water partition coefficient (Wildman–Crippen LogP) is 3.40. The Bertz CT molecular complexity index is 218. The lowest BCUT2D eigenvalue weighted by molar-refractivity contribution is 0.199. The van der Waals surface area contributed by atoms with Crippen molar-refractivity contribution in [3.8, 4) is 0 Å². The number of amides is 2. The van der Waals surface area contributed by atoms with Crippen LogP contribution in [0.15, 0.2) is 0 Å². The quantitative estimate of drug-likeness (QED) is 0.734. The van der Waals surface area contributed by atoms with E-state index in [-0.39, 0.29) is 6.03 Å². The molecule has 1 heterocycles. The van der Waals surface area contributed by atoms with Crippen LogP contribution in [0.4, 0.5) is 4.79 Å². The molecule has 1 rings (SSSR count). The van der Waals surface area contributed by atoms with Gasteiger partial charge >= 0.3 is 6.03 Å². The number of nitrogens with one attached hydrogen (secondary N) is 1. The molecule has 0 aromatic rings. The molecule has 0 saturated carbocycles. The molecule has 1 unspecified atom stereocenters. The highest BCUT2D eigenvalue weighted by atomic mass is 16.2. The van der Waals surface area contributed by atoms with Crippen LogP contribution in [-0.2, 0) is 0 Å². The highest BCUT2D eigenvalue weighted by Crippen LogP contribution is 2.21. The lowest BCUT2D eigenvalue weighted by atomic mass is 9.96. The second kappa shape index (κ2) is 8.37. The fourth-order valence-corrected chi connectivity index (χ4v) is 2.55. The van der Waals surface area contributed by atoms with E-state index in [9.17, 15) is 4.79 Å². The fourth-order valence-electron chi connectivity index (χ4n) is 2.55. The van der Waals surface area contributed by atoms with Gasteiger partial charge in [0, 0.05) is 19.6 Å². The number of unbranched alkanes of at least 4 members (excludes halogenated alkanes) is 1. The Morgan fingerprint density at radius 1 is 1.24 bits per heavy atom. The van der Waals surface area contributed by atoms with Crippen molar-refractivity contribution in [1.82, 2.24) is 10.2 Å². The summed E-state index contributed by atoms with van der Waals surface area (Å²) in [5.74, 6) is 0.841. The van der Waals surface area contributed by atoms with Gasteiger partial charge in [0.2, 0.25) is 0 Å². The summed E-state index contributed by atoms with van der Waals surface area (Å²) < 4.78 is 0. The summed E-state index contributed by atoms with van der Waals surface area (Å²) in [5.41, 5.74) is 0. The highest BCUT2D eigenvalue weighted by Gasteiger charge is 2.19. The Labute approximate surface area is 106 Å². The molecule has 1 aliphatic rings. The molecule has 0 aromatic carbocycles. The molecule has 1 aliphatic heterocycles. The van der Waals surface area contributed by atoms with Crippen LogP contribution in [-0.4, -0.2) is 30.6 Å². The monoisotopic (exact) mass is 240 g/mol. The predicted molar refractivity (Wildman–Crippen MR) is 72.1 cm³/mol. The van der Waals surface area contributed by atoms with E-state index >= 15 is 0 Å². The molecule has 3 nitrogen and oxygen atoms in total. The topological polar surface area (TPSA) is 32.3 Å². The van der Waals surface area contributed by atoms with Gasteiger partial charge in [0.05, 0.1) is 0 Å². The molecular weight excluding hydrogens is 212 g/mol. The van der Waals surface area contributed by atoms with Crippen LogP contribution in [0.25, 0.3) is 0 Å². The van der Waals surface area contributed by atoms with E-state index in [0.29, 0.717) is 0 Å². The van der Waals surface area contributed by atoms with Crippen molar-refractivity contribution in [2.24, 2.45) is 5.92 Å². The van der Waals surface area contributed by atoms with Gasteiger partial charge in [-0.15, -0.1) is 0 Å². The van der Waals surface area contributed by atoms with E-state index in [2.05, 4.69) is 19.2 Å². The SMILES string of the molecule is CCCCNC(=O)N1CCCC(CCC)CC1. The summed E-state index contributed by atoms with van der Waals surface area (Å²) in [4.78, 5) is 13.9. The van der Waals surface area contributed by atoms with Crippen molar-refractivity contribution in [1.29, 1.82) is 0 Å². The second-order valence-electron chi connectivity index (χ2n) is 5.16. The number of nitrogens with zero attached hydrogens (tertiary/aromatic N) is 1. The van der Waals surface area contributed by atoms with Crippen LogP contribution < -0.4 is 5.32 Å². The summed E-state index contributed by atoms with van der Waals surface area (Å²) in [6.45, 7) is 7.11. The molecule has 1 atom stereocenters. The highest BCUT2D eigenvalue weighted by molar-refractivity contribution is 5.74. The first kappa shape index (κ1) is 14.3. The van der Waals surface area contributed by atoms with Crippen molar-refractivity contribution < 1.29 is 4.79 Å². The number of hydrogen-bond acceptors (Lipinski definition) is 1. The van der Waals surface area contributed by atoms with Crippen LogP contribution >= 0.6 is 0 Å². The number of carbonyl (C=O) groups excluding carboxylic acids is 1. The van der Waals surface area contributed by atoms with Crippen LogP contribution in [0.2, 0.25) is 0 Å². The lowest BCUT2D eigenvalue weighted by Crippen LogP contribution is -2.40. The first-order valence-electron chi connectivity index (χ1n) is 7.30. The number of urea groups is 1. The maximum absolute atomic E-state index is 11.9. The van der Waals surface area contributed by atoms with E-state index in [0.717, 1.165) is 38.4 Å². The van der Waals surface area contributed by atoms with Crippen LogP contribution in [0.1, 0.15) is 58.8 Å². The first-order chi connectivity index (χ1) is 8.27. The average molecular weight is 240 g/mol. The molecular formula is C14H28N2O. The van der Waals surface area contributed by atoms with Gasteiger partial charge in [0.1, 0.15) is 0 Å². The third-order valence-corrected chi connectivity index (χ3v) is 3.64. The smallest absolute Gasteiger partial charge is 0.317 e. The maximum atomic E-state index is 11.9. The molecule has 2 amide bonds. The lowest BCUT2D eigenvalue weighted by Gasteiger charge is -2.21. The van der Waals surface area contributed by atoms with Gasteiger partial charge in [-0.05, 0) is 31.6 Å². The molecule has 3 heteroatoms. The zero-order chi connectivity index (χ0) is 12.5. The zero-order valence-corrected chi connectivity index (χ0v) is 11.5. The van der Waals surface area contributed by atoms with Crippen molar-refractivity contribution in [3.05, 3.63) is 0 Å². The Balaban J connectivity index is 2.27. The average Bonchev–Trinajstić information content (AvgIpc) is 2.55. The Morgan fingerprint density at radius 3 is 2.76 bits per heavy atom. The summed E-state index contributed by atoms with van der Waals surface area (Å²) >= 11 is 0. The summed E-state index contributed by atoms with van der Waals surface area (Å²) in [5, 5.41) is 3.01. The Kier molecular flexibility index (Phi) is 7.06. The standard InChI is InChI=1S/C14H28N2O/c1-3-5-10-15-14(17)16-11-6-8-13(7-4-2)9-12-16/h13H,3-12H2,1-2H3,(H,15,17). The number of rotatable bonds is 5. The molecule has 1 N–H and O–H groups in total. The van der Waals surface area contributed by atoms with Crippen LogP contribution in [0.3, 0.4) is 0 Å². The minimum absolute atomic E-state index is 0.149. The van der Waals surface area contributed by atoms with Gasteiger partial charge in [-0.2, -0.15) is 0 Å². The Hall–Kier alpha value is -0.730. The molecule has 0 spiro atoms. The van der Waals surface area contributed by atoms with Gasteiger partial charge in [-0.3, -0.25) is 0 Å². The van der Waals surface area contributed by atoms with Crippen LogP contribution in [0, 0.1) is 5.92 Å². The molecule has 0 radical (unpaired) electrons. The number of hydrogen-bond donors (Lipinski definition) is 1. The molecule has 100 valence electrons. The molecule has 0 bridgehead atoms. The second-order valence-corrected chi connectivity index (χ2v) is 5.16. The number of carbonyl (C=O) groups is 1. The summed E-state index contributed by atoms with van der Waals surface area (Å²) in [6.07, 6.45) is 8.48. The molecule has 17 heavy (non-hydrogen) atoms. The van der Waals surface area contributed by atoms with Crippen molar-refractivity contribution >= 4 is 6.03 Å². The van der Waals surface area contributed by atoms with Crippen molar-refractivity contribution in [2.45, 2.75) is 58.8 Å². The minimum atomic E-state index is 0.149. The van der Waals surface area contributed by atoms with Gasteiger partial charge < -0.3 is 10.2 Å². The third kappa shape index (κ3) is 5.42. The van der Waals surface area contributed by atoms with E-state index in [1.165, 1.54) is 32.1 Å². The van der Waals surface area contributed by atoms with Gasteiger partial charge in [-0.1, -0.05) is 33.1 Å². The van der Waals surface area contributed by atoms with Gasteiger partial charge in [0.25, 0.3) is 0 Å². The summed E-state index contributed by atoms with van der Waals surface area (Å²) in [7, 11) is 0. The van der Waals surface area contributed by atoms with Gasteiger partial charge in [-0.25, -0.2) is 4.79 Å². The minimum Gasteiger partial charge on any atom is -0.338 e. The van der Waals surface area contributed by atoms with E-state index in [1.807, 2.05) is 4.90 Å². The fraction of sp³-hybridized carbons (Fsp3) is 0.929. The third-order valence-electron chi connectivity index (χ3n) is 3.64. The normalized spacial score (nSPS) is 21.1. The van der Waals surface area contributed by atoms with Crippen LogP contribution in [0.5, 0.6) is 0 Å². The summed E-state index contributed by atoms with van der Waals surface area (Å²) in [6, 6.07) is 0.149. The van der Waals surface area contributed by atoms with E-state index in [1.54, 1.807) is 0 Å². The molecule has 0 aliphatic carbocycles. The maximum Gasteiger partial charge on any atom is 0.317 e. The first-order valence-corrected chi connectivity index (χ1v) is 7.30. The van der Waals surface area contributed by atoms with E-state index in [4.69, 9.17) is 0 Å². The Morgan fingerprint density at radius 2 is 2.06 bits per heavy atom. The van der Waals surface area contributed by atoms with Gasteiger partial charge in [0.15, 0.2) is 0 Å². The van der Waals surface area contributed by atoms with Crippen molar-refractivity contribution in [3.63, 3.8) is 0 Å². The van der Waals surface area contributed by atoms with E-state index < -0.39 is 0 Å². The molecule has 1 saturated heterocycles. The van der Waals surface area contributed by atoms with Crippen molar-refractivity contribution in [2.75, 3.05) is 19.6 Å².